The predicted molar refractivity (Wildman–Crippen MR) is 98.3 cm³/mol. The molecule has 1 aliphatic heterocycles. The lowest BCUT2D eigenvalue weighted by atomic mass is 10.0. The first-order chi connectivity index (χ1) is 12.3. The summed E-state index contributed by atoms with van der Waals surface area (Å²) in [5.74, 6) is 0.926. The van der Waals surface area contributed by atoms with E-state index in [1.165, 1.54) is 10.5 Å². The normalized spacial score (nSPS) is 16.4. The van der Waals surface area contributed by atoms with E-state index < -0.39 is 0 Å². The Kier molecular flexibility index (Phi) is 6.44. The van der Waals surface area contributed by atoms with Gasteiger partial charge in [-0.15, -0.1) is 11.3 Å². The van der Waals surface area contributed by atoms with Crippen LogP contribution in [0.4, 0.5) is 0 Å². The van der Waals surface area contributed by atoms with Gasteiger partial charge in [0.15, 0.2) is 0 Å². The van der Waals surface area contributed by atoms with Crippen LogP contribution in [0.25, 0.3) is 0 Å². The number of hydrogen-bond donors (Lipinski definition) is 2. The van der Waals surface area contributed by atoms with Crippen molar-refractivity contribution in [3.05, 3.63) is 52.2 Å². The van der Waals surface area contributed by atoms with E-state index in [4.69, 9.17) is 9.47 Å². The summed E-state index contributed by atoms with van der Waals surface area (Å²) in [6, 6.07) is 12.4. The van der Waals surface area contributed by atoms with Gasteiger partial charge in [0, 0.05) is 10.4 Å². The van der Waals surface area contributed by atoms with E-state index in [-0.39, 0.29) is 11.9 Å². The van der Waals surface area contributed by atoms with Crippen LogP contribution in [0.15, 0.2) is 41.8 Å². The maximum atomic E-state index is 12.3. The van der Waals surface area contributed by atoms with Crippen LogP contribution in [0.5, 0.6) is 5.75 Å². The van der Waals surface area contributed by atoms with Crippen LogP contribution in [-0.4, -0.2) is 45.9 Å². The van der Waals surface area contributed by atoms with Crippen molar-refractivity contribution in [3.63, 3.8) is 0 Å². The molecule has 5 nitrogen and oxygen atoms in total. The summed E-state index contributed by atoms with van der Waals surface area (Å²) in [6.07, 6.45) is 0.450. The second-order valence-electron chi connectivity index (χ2n) is 6.16. The highest BCUT2D eigenvalue weighted by Gasteiger charge is 2.26. The van der Waals surface area contributed by atoms with Gasteiger partial charge < -0.3 is 19.7 Å². The Balaban J connectivity index is 1.65. The zero-order valence-electron chi connectivity index (χ0n) is 14.5. The molecule has 0 radical (unpaired) electrons. The maximum Gasteiger partial charge on any atom is 0.225 e. The molecule has 0 saturated carbocycles. The Bertz CT molecular complexity index is 652. The van der Waals surface area contributed by atoms with Gasteiger partial charge in [0.25, 0.3) is 0 Å². The second-order valence-corrected chi connectivity index (χ2v) is 7.19. The summed E-state index contributed by atoms with van der Waals surface area (Å²) in [4.78, 5) is 14.8. The molecule has 6 heteroatoms. The minimum Gasteiger partial charge on any atom is -0.497 e. The van der Waals surface area contributed by atoms with Crippen molar-refractivity contribution in [2.24, 2.45) is 0 Å². The molecule has 3 rings (SSSR count). The van der Waals surface area contributed by atoms with E-state index in [1.54, 1.807) is 18.4 Å². The summed E-state index contributed by atoms with van der Waals surface area (Å²) in [5, 5.41) is 5.12. The number of rotatable bonds is 7. The van der Waals surface area contributed by atoms with Crippen LogP contribution >= 0.6 is 11.3 Å². The maximum absolute atomic E-state index is 12.3. The SMILES string of the molecule is COc1ccc([C@@H](CNC(=O)Cc2cccs2)[NH+]2CCOCC2)cc1. The quantitative estimate of drug-likeness (QED) is 0.776. The molecule has 1 aromatic carbocycles. The second kappa shape index (κ2) is 8.99. The van der Waals surface area contributed by atoms with Gasteiger partial charge in [0.2, 0.25) is 5.91 Å². The van der Waals surface area contributed by atoms with Gasteiger partial charge in [-0.2, -0.15) is 0 Å². The molecular formula is C19H25N2O3S+. The van der Waals surface area contributed by atoms with Crippen LogP contribution in [0.2, 0.25) is 0 Å². The highest BCUT2D eigenvalue weighted by atomic mass is 32.1. The molecule has 1 atom stereocenters. The first kappa shape index (κ1) is 17.9. The lowest BCUT2D eigenvalue weighted by molar-refractivity contribution is -0.937. The fraction of sp³-hybridized carbons (Fsp3) is 0.421. The van der Waals surface area contributed by atoms with Gasteiger partial charge in [-0.25, -0.2) is 0 Å². The summed E-state index contributed by atoms with van der Waals surface area (Å²) >= 11 is 1.62. The van der Waals surface area contributed by atoms with Gasteiger partial charge in [-0.05, 0) is 35.7 Å². The number of carbonyl (C=O) groups excluding carboxylic acids is 1. The highest BCUT2D eigenvalue weighted by Crippen LogP contribution is 2.16. The van der Waals surface area contributed by atoms with Crippen LogP contribution in [0.3, 0.4) is 0 Å². The van der Waals surface area contributed by atoms with Gasteiger partial charge in [0.1, 0.15) is 24.9 Å². The Labute approximate surface area is 152 Å². The summed E-state index contributed by atoms with van der Waals surface area (Å²) < 4.78 is 10.7. The van der Waals surface area contributed by atoms with Crippen molar-refractivity contribution in [2.75, 3.05) is 40.0 Å². The van der Waals surface area contributed by atoms with E-state index in [9.17, 15) is 4.79 Å². The molecule has 2 N–H and O–H groups in total. The number of quaternary nitrogens is 1. The van der Waals surface area contributed by atoms with Gasteiger partial charge in [-0.3, -0.25) is 4.79 Å². The molecule has 134 valence electrons. The zero-order chi connectivity index (χ0) is 17.5. The fourth-order valence-electron chi connectivity index (χ4n) is 3.17. The third-order valence-corrected chi connectivity index (χ3v) is 5.44. The molecule has 2 aromatic rings. The van der Waals surface area contributed by atoms with Crippen molar-refractivity contribution in [1.82, 2.24) is 5.32 Å². The van der Waals surface area contributed by atoms with Gasteiger partial charge >= 0.3 is 0 Å². The molecule has 0 aliphatic carbocycles. The number of amides is 1. The third kappa shape index (κ3) is 5.04. The average molecular weight is 361 g/mol. The average Bonchev–Trinajstić information content (AvgIpc) is 3.16. The van der Waals surface area contributed by atoms with Crippen LogP contribution in [-0.2, 0) is 16.0 Å². The van der Waals surface area contributed by atoms with Crippen molar-refractivity contribution >= 4 is 17.2 Å². The number of thiophene rings is 1. The lowest BCUT2D eigenvalue weighted by Crippen LogP contribution is -3.15. The topological polar surface area (TPSA) is 52.0 Å². The van der Waals surface area contributed by atoms with Crippen LogP contribution in [0.1, 0.15) is 16.5 Å². The molecule has 1 aliphatic rings. The Morgan fingerprint density at radius 2 is 2.04 bits per heavy atom. The number of carbonyl (C=O) groups is 1. The first-order valence-corrected chi connectivity index (χ1v) is 9.49. The van der Waals surface area contributed by atoms with Gasteiger partial charge in [0.05, 0.1) is 33.3 Å². The molecule has 1 amide bonds. The summed E-state index contributed by atoms with van der Waals surface area (Å²) in [7, 11) is 1.67. The minimum atomic E-state index is 0.0774. The molecular weight excluding hydrogens is 336 g/mol. The largest absolute Gasteiger partial charge is 0.497 e. The number of benzene rings is 1. The van der Waals surface area contributed by atoms with E-state index in [0.717, 1.165) is 36.9 Å². The Morgan fingerprint density at radius 3 is 2.68 bits per heavy atom. The number of hydrogen-bond acceptors (Lipinski definition) is 4. The molecule has 0 unspecified atom stereocenters. The standard InChI is InChI=1S/C19H24N2O3S/c1-23-16-6-4-15(5-7-16)18(21-8-10-24-11-9-21)14-20-19(22)13-17-3-2-12-25-17/h2-7,12,18H,8-11,13-14H2,1H3,(H,20,22)/p+1/t18-/m1/s1. The van der Waals surface area contributed by atoms with Crippen LogP contribution < -0.4 is 15.0 Å². The van der Waals surface area contributed by atoms with E-state index in [2.05, 4.69) is 17.4 Å². The third-order valence-electron chi connectivity index (χ3n) is 4.56. The van der Waals surface area contributed by atoms with Crippen molar-refractivity contribution in [3.8, 4) is 5.75 Å². The van der Waals surface area contributed by atoms with Crippen molar-refractivity contribution in [1.29, 1.82) is 0 Å². The highest BCUT2D eigenvalue weighted by molar-refractivity contribution is 7.10. The van der Waals surface area contributed by atoms with Crippen molar-refractivity contribution in [2.45, 2.75) is 12.5 Å². The van der Waals surface area contributed by atoms with Crippen LogP contribution in [0, 0.1) is 0 Å². The number of nitrogens with one attached hydrogen (secondary N) is 2. The van der Waals surface area contributed by atoms with Crippen molar-refractivity contribution < 1.29 is 19.2 Å². The molecule has 25 heavy (non-hydrogen) atoms. The molecule has 1 aromatic heterocycles. The Morgan fingerprint density at radius 1 is 1.28 bits per heavy atom. The number of ether oxygens (including phenoxy) is 2. The smallest absolute Gasteiger partial charge is 0.225 e. The van der Waals surface area contributed by atoms with E-state index in [0.29, 0.717) is 13.0 Å². The lowest BCUT2D eigenvalue weighted by Gasteiger charge is -2.32. The molecule has 0 bridgehead atoms. The van der Waals surface area contributed by atoms with E-state index >= 15 is 0 Å². The van der Waals surface area contributed by atoms with E-state index in [1.807, 2.05) is 29.6 Å². The zero-order valence-corrected chi connectivity index (χ0v) is 15.3. The van der Waals surface area contributed by atoms with Gasteiger partial charge in [-0.1, -0.05) is 6.07 Å². The molecule has 0 spiro atoms. The first-order valence-electron chi connectivity index (χ1n) is 8.61. The molecule has 2 heterocycles. The monoisotopic (exact) mass is 361 g/mol. The summed E-state index contributed by atoms with van der Waals surface area (Å²) in [6.45, 7) is 4.08. The Hall–Kier alpha value is -1.89. The number of morpholine rings is 1. The minimum absolute atomic E-state index is 0.0774. The molecule has 1 saturated heterocycles. The predicted octanol–water partition coefficient (Wildman–Crippen LogP) is 1.07. The summed E-state index contributed by atoms with van der Waals surface area (Å²) in [5.41, 5.74) is 1.22. The number of methoxy groups -OCH3 is 1. The molecule has 1 fully saturated rings. The fourth-order valence-corrected chi connectivity index (χ4v) is 3.87.